The first kappa shape index (κ1) is 12.7. The highest BCUT2D eigenvalue weighted by Gasteiger charge is 2.12. The number of likely N-dealkylation sites (N-methyl/N-ethyl adjacent to an activating group) is 1. The van der Waals surface area contributed by atoms with Crippen LogP contribution in [0.3, 0.4) is 0 Å². The van der Waals surface area contributed by atoms with Crippen LogP contribution in [-0.4, -0.2) is 36.3 Å². The van der Waals surface area contributed by atoms with Gasteiger partial charge in [0.05, 0.1) is 18.3 Å². The second-order valence-corrected chi connectivity index (χ2v) is 4.27. The number of nitro groups is 1. The number of hydrogen-bond acceptors (Lipinski definition) is 4. The van der Waals surface area contributed by atoms with Crippen molar-refractivity contribution in [2.45, 2.75) is 6.92 Å². The first-order valence-corrected chi connectivity index (χ1v) is 5.93. The smallest absolute Gasteiger partial charge is 0.269 e. The number of hydrogen-bond donors (Lipinski definition) is 0. The van der Waals surface area contributed by atoms with Gasteiger partial charge >= 0.3 is 0 Å². The maximum Gasteiger partial charge on any atom is 0.269 e. The van der Waals surface area contributed by atoms with Gasteiger partial charge in [0, 0.05) is 18.7 Å². The van der Waals surface area contributed by atoms with Gasteiger partial charge in [-0.25, -0.2) is 0 Å². The van der Waals surface area contributed by atoms with E-state index in [4.69, 9.17) is 4.74 Å². The Hall–Kier alpha value is -1.72. The van der Waals surface area contributed by atoms with E-state index < -0.39 is 0 Å². The van der Waals surface area contributed by atoms with Crippen LogP contribution in [0.25, 0.3) is 6.08 Å². The second-order valence-electron chi connectivity index (χ2n) is 4.27. The van der Waals surface area contributed by atoms with Crippen LogP contribution in [-0.2, 0) is 4.74 Å². The Bertz CT molecular complexity index is 454. The monoisotopic (exact) mass is 248 g/mol. The Morgan fingerprint density at radius 3 is 2.78 bits per heavy atom. The average Bonchev–Trinajstić information content (AvgIpc) is 2.39. The zero-order valence-electron chi connectivity index (χ0n) is 10.3. The van der Waals surface area contributed by atoms with Crippen LogP contribution in [0.15, 0.2) is 29.8 Å². The predicted molar refractivity (Wildman–Crippen MR) is 69.1 cm³/mol. The van der Waals surface area contributed by atoms with Crippen LogP contribution in [0.4, 0.5) is 5.69 Å². The molecule has 0 bridgehead atoms. The van der Waals surface area contributed by atoms with Crippen molar-refractivity contribution in [3.8, 4) is 0 Å². The third-order valence-electron chi connectivity index (χ3n) is 2.91. The van der Waals surface area contributed by atoms with Crippen LogP contribution < -0.4 is 0 Å². The lowest BCUT2D eigenvalue weighted by Gasteiger charge is -2.27. The Morgan fingerprint density at radius 2 is 2.17 bits per heavy atom. The molecule has 5 nitrogen and oxygen atoms in total. The molecule has 1 saturated heterocycles. The standard InChI is InChI=1S/C13H16N2O3/c1-2-14-8-12(9-18-10-14)7-11-3-5-13(6-4-11)15(16)17/h3-7H,2,8-10H2,1H3/b12-7+. The highest BCUT2D eigenvalue weighted by Crippen LogP contribution is 2.16. The minimum absolute atomic E-state index is 0.118. The van der Waals surface area contributed by atoms with Gasteiger partial charge in [-0.15, -0.1) is 0 Å². The molecule has 5 heteroatoms. The summed E-state index contributed by atoms with van der Waals surface area (Å²) in [4.78, 5) is 12.4. The summed E-state index contributed by atoms with van der Waals surface area (Å²) >= 11 is 0. The van der Waals surface area contributed by atoms with Gasteiger partial charge in [0.15, 0.2) is 0 Å². The molecular weight excluding hydrogens is 232 g/mol. The molecule has 0 N–H and O–H groups in total. The molecule has 0 amide bonds. The second kappa shape index (κ2) is 5.75. The molecule has 1 fully saturated rings. The summed E-state index contributed by atoms with van der Waals surface area (Å²) in [5, 5.41) is 10.5. The molecule has 0 aromatic heterocycles. The first-order valence-electron chi connectivity index (χ1n) is 5.93. The highest BCUT2D eigenvalue weighted by atomic mass is 16.6. The molecule has 0 aliphatic carbocycles. The van der Waals surface area contributed by atoms with Crippen molar-refractivity contribution >= 4 is 11.8 Å². The molecule has 2 rings (SSSR count). The van der Waals surface area contributed by atoms with E-state index >= 15 is 0 Å². The van der Waals surface area contributed by atoms with Gasteiger partial charge in [0.1, 0.15) is 0 Å². The minimum atomic E-state index is -0.389. The molecule has 0 radical (unpaired) electrons. The van der Waals surface area contributed by atoms with E-state index in [9.17, 15) is 10.1 Å². The van der Waals surface area contributed by atoms with Crippen LogP contribution in [0.2, 0.25) is 0 Å². The lowest BCUT2D eigenvalue weighted by molar-refractivity contribution is -0.384. The van der Waals surface area contributed by atoms with Crippen LogP contribution >= 0.6 is 0 Å². The van der Waals surface area contributed by atoms with E-state index in [1.807, 2.05) is 6.08 Å². The molecule has 0 spiro atoms. The summed E-state index contributed by atoms with van der Waals surface area (Å²) in [6, 6.07) is 6.56. The van der Waals surface area contributed by atoms with Gasteiger partial charge in [-0.3, -0.25) is 15.0 Å². The van der Waals surface area contributed by atoms with Gasteiger partial charge in [0.25, 0.3) is 5.69 Å². The summed E-state index contributed by atoms with van der Waals surface area (Å²) in [6.07, 6.45) is 2.03. The maximum atomic E-state index is 10.5. The molecule has 0 atom stereocenters. The number of non-ortho nitro benzene ring substituents is 1. The molecule has 96 valence electrons. The van der Waals surface area contributed by atoms with E-state index in [1.54, 1.807) is 12.1 Å². The molecule has 1 heterocycles. The van der Waals surface area contributed by atoms with Crippen LogP contribution in [0, 0.1) is 10.1 Å². The van der Waals surface area contributed by atoms with Crippen molar-refractivity contribution in [2.75, 3.05) is 26.4 Å². The molecule has 0 unspecified atom stereocenters. The largest absolute Gasteiger partial charge is 0.362 e. The van der Waals surface area contributed by atoms with Crippen LogP contribution in [0.5, 0.6) is 0 Å². The fourth-order valence-electron chi connectivity index (χ4n) is 1.90. The Morgan fingerprint density at radius 1 is 1.44 bits per heavy atom. The zero-order chi connectivity index (χ0) is 13.0. The molecule has 0 saturated carbocycles. The summed E-state index contributed by atoms with van der Waals surface area (Å²) in [5.74, 6) is 0. The fourth-order valence-corrected chi connectivity index (χ4v) is 1.90. The van der Waals surface area contributed by atoms with Gasteiger partial charge in [-0.1, -0.05) is 13.0 Å². The van der Waals surface area contributed by atoms with Crippen molar-refractivity contribution in [1.29, 1.82) is 0 Å². The molecule has 1 aromatic rings. The normalized spacial score (nSPS) is 19.1. The molecule has 1 aromatic carbocycles. The lowest BCUT2D eigenvalue weighted by atomic mass is 10.1. The first-order chi connectivity index (χ1) is 8.69. The van der Waals surface area contributed by atoms with Gasteiger partial charge in [-0.2, -0.15) is 0 Å². The minimum Gasteiger partial charge on any atom is -0.362 e. The SMILES string of the molecule is CCN1COC/C(=C/c2ccc([N+](=O)[O-])cc2)C1. The third kappa shape index (κ3) is 3.15. The number of ether oxygens (including phenoxy) is 1. The molecule has 1 aliphatic heterocycles. The number of benzene rings is 1. The maximum absolute atomic E-state index is 10.5. The Balaban J connectivity index is 2.09. The third-order valence-corrected chi connectivity index (χ3v) is 2.91. The predicted octanol–water partition coefficient (Wildman–Crippen LogP) is 2.29. The number of nitro benzene ring substituents is 1. The highest BCUT2D eigenvalue weighted by molar-refractivity contribution is 5.55. The number of nitrogens with zero attached hydrogens (tertiary/aromatic N) is 2. The van der Waals surface area contributed by atoms with Crippen molar-refractivity contribution in [3.05, 3.63) is 45.5 Å². The van der Waals surface area contributed by atoms with E-state index in [-0.39, 0.29) is 10.6 Å². The van der Waals surface area contributed by atoms with Crippen LogP contribution in [0.1, 0.15) is 12.5 Å². The average molecular weight is 248 g/mol. The summed E-state index contributed by atoms with van der Waals surface area (Å²) in [7, 11) is 0. The van der Waals surface area contributed by atoms with Crippen molar-refractivity contribution in [3.63, 3.8) is 0 Å². The lowest BCUT2D eigenvalue weighted by Crippen LogP contribution is -2.34. The zero-order valence-corrected chi connectivity index (χ0v) is 10.3. The van der Waals surface area contributed by atoms with Crippen molar-refractivity contribution in [2.24, 2.45) is 0 Å². The Labute approximate surface area is 106 Å². The van der Waals surface area contributed by atoms with E-state index in [0.29, 0.717) is 13.3 Å². The molecule has 18 heavy (non-hydrogen) atoms. The molecule has 1 aliphatic rings. The van der Waals surface area contributed by atoms with E-state index in [2.05, 4.69) is 11.8 Å². The van der Waals surface area contributed by atoms with Gasteiger partial charge < -0.3 is 4.74 Å². The Kier molecular flexibility index (Phi) is 4.07. The van der Waals surface area contributed by atoms with Gasteiger partial charge in [-0.05, 0) is 29.8 Å². The summed E-state index contributed by atoms with van der Waals surface area (Å²) in [6.45, 7) is 5.25. The van der Waals surface area contributed by atoms with Crippen molar-refractivity contribution < 1.29 is 9.66 Å². The summed E-state index contributed by atoms with van der Waals surface area (Å²) < 4.78 is 5.47. The quantitative estimate of drug-likeness (QED) is 0.608. The molecular formula is C13H16N2O3. The number of rotatable bonds is 3. The summed E-state index contributed by atoms with van der Waals surface area (Å²) in [5.41, 5.74) is 2.28. The van der Waals surface area contributed by atoms with E-state index in [1.165, 1.54) is 17.7 Å². The van der Waals surface area contributed by atoms with Crippen molar-refractivity contribution in [1.82, 2.24) is 4.90 Å². The fraction of sp³-hybridized carbons (Fsp3) is 0.385. The topological polar surface area (TPSA) is 55.6 Å². The van der Waals surface area contributed by atoms with E-state index in [0.717, 1.165) is 18.7 Å². The van der Waals surface area contributed by atoms with Gasteiger partial charge in [0.2, 0.25) is 0 Å².